The van der Waals surface area contributed by atoms with Crippen LogP contribution in [0.2, 0.25) is 0 Å². The van der Waals surface area contributed by atoms with E-state index < -0.39 is 0 Å². The van der Waals surface area contributed by atoms with Gasteiger partial charge in [-0.1, -0.05) is 24.3 Å². The topological polar surface area (TPSA) is 87.7 Å². The minimum atomic E-state index is -0.350. The van der Waals surface area contributed by atoms with Crippen LogP contribution in [0.3, 0.4) is 0 Å². The van der Waals surface area contributed by atoms with Crippen molar-refractivity contribution in [2.24, 2.45) is 0 Å². The number of hydrogen-bond donors (Lipinski definition) is 2. The van der Waals surface area contributed by atoms with Gasteiger partial charge in [0.25, 0.3) is 11.5 Å². The Morgan fingerprint density at radius 3 is 2.73 bits per heavy atom. The maximum atomic E-state index is 12.3. The Balaban J connectivity index is 1.89. The van der Waals surface area contributed by atoms with Gasteiger partial charge in [0, 0.05) is 11.6 Å². The summed E-state index contributed by atoms with van der Waals surface area (Å²) in [5.74, 6) is -0.350. The van der Waals surface area contributed by atoms with Crippen molar-refractivity contribution in [3.8, 4) is 0 Å². The molecule has 2 heterocycles. The largest absolute Gasteiger partial charge is 0.345 e. The molecule has 1 amide bonds. The summed E-state index contributed by atoms with van der Waals surface area (Å²) >= 11 is 0. The predicted molar refractivity (Wildman–Crippen MR) is 82.5 cm³/mol. The van der Waals surface area contributed by atoms with Crippen LogP contribution < -0.4 is 10.9 Å². The Hall–Kier alpha value is -3.02. The standard InChI is InChI=1S/C16H14N4O2/c1-10-5-4-8-17-13(10)9-18-16(22)14-11-6-2-3-7-12(11)15(21)20-19-14/h2-8H,9H2,1H3,(H,18,22)(H,20,21). The molecule has 0 atom stereocenters. The summed E-state index contributed by atoms with van der Waals surface area (Å²) < 4.78 is 0. The van der Waals surface area contributed by atoms with Gasteiger partial charge in [-0.05, 0) is 24.6 Å². The van der Waals surface area contributed by atoms with Crippen LogP contribution in [0.4, 0.5) is 0 Å². The lowest BCUT2D eigenvalue weighted by molar-refractivity contribution is 0.0946. The molecular formula is C16H14N4O2. The van der Waals surface area contributed by atoms with Crippen LogP contribution in [0.15, 0.2) is 47.4 Å². The first kappa shape index (κ1) is 13.9. The summed E-state index contributed by atoms with van der Waals surface area (Å²) in [4.78, 5) is 28.3. The lowest BCUT2D eigenvalue weighted by Crippen LogP contribution is -2.26. The fourth-order valence-electron chi connectivity index (χ4n) is 2.24. The van der Waals surface area contributed by atoms with Gasteiger partial charge in [0.05, 0.1) is 17.6 Å². The quantitative estimate of drug-likeness (QED) is 0.767. The third-order valence-electron chi connectivity index (χ3n) is 3.45. The van der Waals surface area contributed by atoms with Crippen LogP contribution in [-0.4, -0.2) is 21.1 Å². The van der Waals surface area contributed by atoms with Crippen LogP contribution in [0.25, 0.3) is 10.8 Å². The second-order valence-electron chi connectivity index (χ2n) is 4.90. The lowest BCUT2D eigenvalue weighted by Gasteiger charge is -2.08. The first-order valence-electron chi connectivity index (χ1n) is 6.83. The number of nitrogens with one attached hydrogen (secondary N) is 2. The van der Waals surface area contributed by atoms with Gasteiger partial charge >= 0.3 is 0 Å². The van der Waals surface area contributed by atoms with Gasteiger partial charge in [-0.15, -0.1) is 0 Å². The molecule has 0 aliphatic rings. The molecule has 0 saturated carbocycles. The van der Waals surface area contributed by atoms with E-state index in [-0.39, 0.29) is 17.2 Å². The highest BCUT2D eigenvalue weighted by Gasteiger charge is 2.14. The molecule has 110 valence electrons. The van der Waals surface area contributed by atoms with Crippen LogP contribution in [0.1, 0.15) is 21.7 Å². The molecule has 0 aliphatic heterocycles. The van der Waals surface area contributed by atoms with Crippen LogP contribution >= 0.6 is 0 Å². The molecule has 0 aliphatic carbocycles. The Morgan fingerprint density at radius 2 is 1.95 bits per heavy atom. The monoisotopic (exact) mass is 294 g/mol. The van der Waals surface area contributed by atoms with Gasteiger partial charge in [0.1, 0.15) is 0 Å². The molecule has 3 rings (SSSR count). The van der Waals surface area contributed by atoms with Crippen LogP contribution in [0.5, 0.6) is 0 Å². The van der Waals surface area contributed by atoms with E-state index >= 15 is 0 Å². The minimum Gasteiger partial charge on any atom is -0.345 e. The fourth-order valence-corrected chi connectivity index (χ4v) is 2.24. The normalized spacial score (nSPS) is 10.6. The molecule has 0 saturated heterocycles. The maximum absolute atomic E-state index is 12.3. The van der Waals surface area contributed by atoms with Crippen molar-refractivity contribution in [1.82, 2.24) is 20.5 Å². The molecule has 0 unspecified atom stereocenters. The van der Waals surface area contributed by atoms with Crippen molar-refractivity contribution < 1.29 is 4.79 Å². The van der Waals surface area contributed by atoms with Crippen LogP contribution in [0, 0.1) is 6.92 Å². The van der Waals surface area contributed by atoms with Crippen molar-refractivity contribution in [2.75, 3.05) is 0 Å². The van der Waals surface area contributed by atoms with E-state index in [0.29, 0.717) is 17.3 Å². The minimum absolute atomic E-state index is 0.198. The van der Waals surface area contributed by atoms with E-state index in [1.807, 2.05) is 19.1 Å². The lowest BCUT2D eigenvalue weighted by atomic mass is 10.1. The molecule has 0 fully saturated rings. The van der Waals surface area contributed by atoms with Gasteiger partial charge in [0.15, 0.2) is 5.69 Å². The zero-order valence-electron chi connectivity index (χ0n) is 12.0. The molecule has 3 aromatic rings. The molecule has 22 heavy (non-hydrogen) atoms. The van der Waals surface area contributed by atoms with Gasteiger partial charge in [-0.2, -0.15) is 5.10 Å². The predicted octanol–water partition coefficient (Wildman–Crippen LogP) is 1.56. The first-order chi connectivity index (χ1) is 10.7. The summed E-state index contributed by atoms with van der Waals surface area (Å²) in [6.45, 7) is 2.24. The van der Waals surface area contributed by atoms with Crippen LogP contribution in [-0.2, 0) is 6.54 Å². The van der Waals surface area contributed by atoms with Crippen molar-refractivity contribution >= 4 is 16.7 Å². The second-order valence-corrected chi connectivity index (χ2v) is 4.90. The molecule has 1 aromatic carbocycles. The second kappa shape index (κ2) is 5.77. The summed E-state index contributed by atoms with van der Waals surface area (Å²) in [5.41, 5.74) is 1.68. The number of fused-ring (bicyclic) bond motifs is 1. The molecule has 0 radical (unpaired) electrons. The first-order valence-corrected chi connectivity index (χ1v) is 6.83. The number of carbonyl (C=O) groups is 1. The van der Waals surface area contributed by atoms with Crippen molar-refractivity contribution in [3.63, 3.8) is 0 Å². The Labute approximate surface area is 126 Å². The highest BCUT2D eigenvalue weighted by molar-refractivity contribution is 6.04. The number of carbonyl (C=O) groups excluding carboxylic acids is 1. The van der Waals surface area contributed by atoms with E-state index in [0.717, 1.165) is 11.3 Å². The molecule has 2 aromatic heterocycles. The molecule has 6 heteroatoms. The highest BCUT2D eigenvalue weighted by atomic mass is 16.2. The van der Waals surface area contributed by atoms with Gasteiger partial charge < -0.3 is 5.32 Å². The number of H-pyrrole nitrogens is 1. The molecule has 2 N–H and O–H groups in total. The summed E-state index contributed by atoms with van der Waals surface area (Å²) in [6.07, 6.45) is 1.68. The van der Waals surface area contributed by atoms with Crippen molar-refractivity contribution in [2.45, 2.75) is 13.5 Å². The zero-order valence-corrected chi connectivity index (χ0v) is 12.0. The summed E-state index contributed by atoms with van der Waals surface area (Å²) in [5, 5.41) is 9.97. The van der Waals surface area contributed by atoms with E-state index in [9.17, 15) is 9.59 Å². The zero-order chi connectivity index (χ0) is 15.5. The van der Waals surface area contributed by atoms with Gasteiger partial charge in [0.2, 0.25) is 0 Å². The number of aromatic nitrogens is 3. The average molecular weight is 294 g/mol. The number of amides is 1. The Kier molecular flexibility index (Phi) is 3.65. The van der Waals surface area contributed by atoms with E-state index in [1.54, 1.807) is 30.5 Å². The van der Waals surface area contributed by atoms with Crippen molar-refractivity contribution in [3.05, 3.63) is 69.9 Å². The van der Waals surface area contributed by atoms with E-state index in [4.69, 9.17) is 0 Å². The fraction of sp³-hybridized carbons (Fsp3) is 0.125. The third-order valence-corrected chi connectivity index (χ3v) is 3.45. The van der Waals surface area contributed by atoms with E-state index in [1.165, 1.54) is 0 Å². The Morgan fingerprint density at radius 1 is 1.18 bits per heavy atom. The molecule has 0 bridgehead atoms. The summed E-state index contributed by atoms with van der Waals surface area (Å²) in [7, 11) is 0. The SMILES string of the molecule is Cc1cccnc1CNC(=O)c1n[nH]c(=O)c2ccccc12. The number of aromatic amines is 1. The number of hydrogen-bond acceptors (Lipinski definition) is 4. The third kappa shape index (κ3) is 2.58. The number of rotatable bonds is 3. The number of pyridine rings is 1. The average Bonchev–Trinajstić information content (AvgIpc) is 2.54. The summed E-state index contributed by atoms with van der Waals surface area (Å²) in [6, 6.07) is 10.7. The molecule has 0 spiro atoms. The highest BCUT2D eigenvalue weighted by Crippen LogP contribution is 2.12. The number of nitrogens with zero attached hydrogens (tertiary/aromatic N) is 2. The van der Waals surface area contributed by atoms with Crippen molar-refractivity contribution in [1.29, 1.82) is 0 Å². The molecule has 6 nitrogen and oxygen atoms in total. The van der Waals surface area contributed by atoms with Gasteiger partial charge in [-0.25, -0.2) is 5.10 Å². The Bertz CT molecular complexity index is 902. The van der Waals surface area contributed by atoms with Gasteiger partial charge in [-0.3, -0.25) is 14.6 Å². The maximum Gasteiger partial charge on any atom is 0.272 e. The number of benzene rings is 1. The van der Waals surface area contributed by atoms with E-state index in [2.05, 4.69) is 20.5 Å². The molecular weight excluding hydrogens is 280 g/mol. The smallest absolute Gasteiger partial charge is 0.272 e. The number of aryl methyl sites for hydroxylation is 1.